The van der Waals surface area contributed by atoms with E-state index in [0.717, 1.165) is 36.5 Å². The molecule has 6 heteroatoms. The largest absolute Gasteiger partial charge is 0.350 e. The molecule has 1 N–H and O–H groups in total. The molecular formula is C13H20N6. The zero-order valence-electron chi connectivity index (χ0n) is 11.7. The molecule has 0 bridgehead atoms. The Morgan fingerprint density at radius 2 is 2.16 bits per heavy atom. The summed E-state index contributed by atoms with van der Waals surface area (Å²) in [6.45, 7) is 7.67. The van der Waals surface area contributed by atoms with Crippen LogP contribution in [0, 0.1) is 5.92 Å². The van der Waals surface area contributed by atoms with E-state index in [4.69, 9.17) is 0 Å². The van der Waals surface area contributed by atoms with E-state index in [1.54, 1.807) is 6.33 Å². The summed E-state index contributed by atoms with van der Waals surface area (Å²) >= 11 is 0. The van der Waals surface area contributed by atoms with Gasteiger partial charge in [0.15, 0.2) is 5.65 Å². The molecule has 3 rings (SSSR count). The predicted molar refractivity (Wildman–Crippen MR) is 75.2 cm³/mol. The molecule has 2 aromatic rings. The number of piperazine rings is 1. The predicted octanol–water partition coefficient (Wildman–Crippen LogP) is 1.13. The van der Waals surface area contributed by atoms with Crippen molar-refractivity contribution in [2.45, 2.75) is 19.9 Å². The van der Waals surface area contributed by atoms with Gasteiger partial charge in [-0.1, -0.05) is 13.8 Å². The number of likely N-dealkylation sites (N-methyl/N-ethyl adjacent to an activating group) is 1. The smallest absolute Gasteiger partial charge is 0.160 e. The monoisotopic (exact) mass is 260 g/mol. The SMILES string of the molecule is CC(C)C1CN(C)CCN1c1ncnc2[nH]ncc12. The van der Waals surface area contributed by atoms with E-state index in [9.17, 15) is 0 Å². The van der Waals surface area contributed by atoms with Gasteiger partial charge in [-0.05, 0) is 13.0 Å². The van der Waals surface area contributed by atoms with Crippen LogP contribution in [0.25, 0.3) is 11.0 Å². The van der Waals surface area contributed by atoms with E-state index < -0.39 is 0 Å². The third-order valence-corrected chi connectivity index (χ3v) is 3.89. The fourth-order valence-corrected chi connectivity index (χ4v) is 2.77. The second-order valence-corrected chi connectivity index (χ2v) is 5.60. The van der Waals surface area contributed by atoms with Crippen molar-refractivity contribution in [2.24, 2.45) is 5.92 Å². The highest BCUT2D eigenvalue weighted by molar-refractivity contribution is 5.86. The maximum atomic E-state index is 4.50. The van der Waals surface area contributed by atoms with Gasteiger partial charge in [-0.15, -0.1) is 0 Å². The van der Waals surface area contributed by atoms with E-state index in [1.165, 1.54) is 0 Å². The number of rotatable bonds is 2. The lowest BCUT2D eigenvalue weighted by atomic mass is 9.99. The summed E-state index contributed by atoms with van der Waals surface area (Å²) in [6.07, 6.45) is 3.44. The first-order valence-electron chi connectivity index (χ1n) is 6.76. The first kappa shape index (κ1) is 12.3. The minimum absolute atomic E-state index is 0.478. The number of hydrogen-bond acceptors (Lipinski definition) is 5. The number of nitrogens with zero attached hydrogens (tertiary/aromatic N) is 5. The van der Waals surface area contributed by atoms with Crippen LogP contribution < -0.4 is 4.90 Å². The summed E-state index contributed by atoms with van der Waals surface area (Å²) in [5.74, 6) is 1.59. The van der Waals surface area contributed by atoms with Crippen molar-refractivity contribution >= 4 is 16.9 Å². The minimum atomic E-state index is 0.478. The Labute approximate surface area is 112 Å². The van der Waals surface area contributed by atoms with Crippen LogP contribution in [-0.2, 0) is 0 Å². The summed E-state index contributed by atoms with van der Waals surface area (Å²) < 4.78 is 0. The molecule has 3 heterocycles. The van der Waals surface area contributed by atoms with Crippen molar-refractivity contribution in [3.63, 3.8) is 0 Å². The minimum Gasteiger partial charge on any atom is -0.350 e. The molecule has 1 fully saturated rings. The topological polar surface area (TPSA) is 60.9 Å². The number of nitrogens with one attached hydrogen (secondary N) is 1. The molecule has 19 heavy (non-hydrogen) atoms. The summed E-state index contributed by atoms with van der Waals surface area (Å²) in [6, 6.07) is 0.478. The molecule has 0 aromatic carbocycles. The van der Waals surface area contributed by atoms with E-state index in [0.29, 0.717) is 12.0 Å². The molecule has 6 nitrogen and oxygen atoms in total. The number of fused-ring (bicyclic) bond motifs is 1. The number of H-pyrrole nitrogens is 1. The van der Waals surface area contributed by atoms with Crippen LogP contribution in [0.4, 0.5) is 5.82 Å². The lowest BCUT2D eigenvalue weighted by molar-refractivity contribution is 0.236. The van der Waals surface area contributed by atoms with Gasteiger partial charge in [0.1, 0.15) is 12.1 Å². The van der Waals surface area contributed by atoms with Crippen LogP contribution in [0.1, 0.15) is 13.8 Å². The Morgan fingerprint density at radius 3 is 2.95 bits per heavy atom. The molecule has 2 aromatic heterocycles. The fraction of sp³-hybridized carbons (Fsp3) is 0.615. The van der Waals surface area contributed by atoms with Crippen LogP contribution in [0.3, 0.4) is 0 Å². The third kappa shape index (κ3) is 2.16. The summed E-state index contributed by atoms with van der Waals surface area (Å²) in [5, 5.41) is 8.00. The summed E-state index contributed by atoms with van der Waals surface area (Å²) in [5.41, 5.74) is 0.812. The molecule has 1 unspecified atom stereocenters. The van der Waals surface area contributed by atoms with E-state index in [1.807, 2.05) is 6.20 Å². The molecule has 1 aliphatic rings. The average Bonchev–Trinajstić information content (AvgIpc) is 2.86. The normalized spacial score (nSPS) is 21.5. The van der Waals surface area contributed by atoms with Gasteiger partial charge in [0.05, 0.1) is 11.6 Å². The van der Waals surface area contributed by atoms with Crippen molar-refractivity contribution in [3.8, 4) is 0 Å². The van der Waals surface area contributed by atoms with E-state index >= 15 is 0 Å². The Hall–Kier alpha value is -1.69. The van der Waals surface area contributed by atoms with Gasteiger partial charge in [0.25, 0.3) is 0 Å². The Kier molecular flexibility index (Phi) is 3.10. The molecule has 1 atom stereocenters. The number of hydrogen-bond donors (Lipinski definition) is 1. The molecule has 0 aliphatic carbocycles. The molecule has 0 spiro atoms. The van der Waals surface area contributed by atoms with Crippen LogP contribution in [0.5, 0.6) is 0 Å². The third-order valence-electron chi connectivity index (χ3n) is 3.89. The van der Waals surface area contributed by atoms with Gasteiger partial charge < -0.3 is 9.80 Å². The lowest BCUT2D eigenvalue weighted by Crippen LogP contribution is -2.54. The van der Waals surface area contributed by atoms with E-state index in [2.05, 4.69) is 50.9 Å². The molecule has 0 saturated carbocycles. The molecule has 102 valence electrons. The molecule has 0 radical (unpaired) electrons. The van der Waals surface area contributed by atoms with Crippen LogP contribution in [0.2, 0.25) is 0 Å². The number of aromatic amines is 1. The van der Waals surface area contributed by atoms with Crippen LogP contribution >= 0.6 is 0 Å². The highest BCUT2D eigenvalue weighted by Gasteiger charge is 2.29. The van der Waals surface area contributed by atoms with Crippen molar-refractivity contribution in [1.82, 2.24) is 25.1 Å². The quantitative estimate of drug-likeness (QED) is 0.877. The Balaban J connectivity index is 2.01. The zero-order valence-corrected chi connectivity index (χ0v) is 11.7. The van der Waals surface area contributed by atoms with E-state index in [-0.39, 0.29) is 0 Å². The van der Waals surface area contributed by atoms with Gasteiger partial charge in [0.2, 0.25) is 0 Å². The van der Waals surface area contributed by atoms with Gasteiger partial charge in [-0.25, -0.2) is 9.97 Å². The van der Waals surface area contributed by atoms with Gasteiger partial charge in [-0.3, -0.25) is 5.10 Å². The lowest BCUT2D eigenvalue weighted by Gasteiger charge is -2.43. The van der Waals surface area contributed by atoms with Crippen molar-refractivity contribution in [2.75, 3.05) is 31.6 Å². The average molecular weight is 260 g/mol. The maximum Gasteiger partial charge on any atom is 0.160 e. The van der Waals surface area contributed by atoms with Crippen LogP contribution in [-0.4, -0.2) is 57.8 Å². The first-order valence-corrected chi connectivity index (χ1v) is 6.76. The van der Waals surface area contributed by atoms with Crippen LogP contribution in [0.15, 0.2) is 12.5 Å². The number of anilines is 1. The zero-order chi connectivity index (χ0) is 13.4. The fourth-order valence-electron chi connectivity index (χ4n) is 2.77. The Morgan fingerprint density at radius 1 is 1.32 bits per heavy atom. The molecule has 1 saturated heterocycles. The maximum absolute atomic E-state index is 4.50. The second kappa shape index (κ2) is 4.77. The summed E-state index contributed by atoms with van der Waals surface area (Å²) in [7, 11) is 2.18. The van der Waals surface area contributed by atoms with Gasteiger partial charge in [0, 0.05) is 25.7 Å². The molecule has 0 amide bonds. The van der Waals surface area contributed by atoms with Gasteiger partial charge >= 0.3 is 0 Å². The Bertz CT molecular complexity index is 563. The van der Waals surface area contributed by atoms with Crippen molar-refractivity contribution < 1.29 is 0 Å². The van der Waals surface area contributed by atoms with Crippen molar-refractivity contribution in [3.05, 3.63) is 12.5 Å². The molecule has 1 aliphatic heterocycles. The first-order chi connectivity index (χ1) is 9.16. The van der Waals surface area contributed by atoms with Gasteiger partial charge in [-0.2, -0.15) is 5.10 Å². The summed E-state index contributed by atoms with van der Waals surface area (Å²) in [4.78, 5) is 13.5. The van der Waals surface area contributed by atoms with Crippen molar-refractivity contribution in [1.29, 1.82) is 0 Å². The molecular weight excluding hydrogens is 240 g/mol. The highest BCUT2D eigenvalue weighted by atomic mass is 15.3. The second-order valence-electron chi connectivity index (χ2n) is 5.60. The highest BCUT2D eigenvalue weighted by Crippen LogP contribution is 2.27. The number of aromatic nitrogens is 4. The standard InChI is InChI=1S/C13H20N6/c1-9(2)11-7-18(3)4-5-19(11)13-10-6-16-17-12(10)14-8-15-13/h6,8-9,11H,4-5,7H2,1-3H3,(H,14,15,16,17).